The van der Waals surface area contributed by atoms with Crippen molar-refractivity contribution in [1.29, 1.82) is 0 Å². The predicted molar refractivity (Wildman–Crippen MR) is 89.9 cm³/mol. The molecule has 0 bridgehead atoms. The van der Waals surface area contributed by atoms with E-state index < -0.39 is 0 Å². The van der Waals surface area contributed by atoms with E-state index in [0.717, 1.165) is 36.8 Å². The number of aliphatic hydroxyl groups excluding tert-OH is 1. The van der Waals surface area contributed by atoms with Gasteiger partial charge >= 0.3 is 0 Å². The summed E-state index contributed by atoms with van der Waals surface area (Å²) in [5, 5.41) is 13.9. The highest BCUT2D eigenvalue weighted by Crippen LogP contribution is 2.19. The highest BCUT2D eigenvalue weighted by Gasteiger charge is 2.25. The number of nitrogens with zero attached hydrogens (tertiary/aromatic N) is 5. The molecule has 1 aromatic carbocycles. The fraction of sp³-hybridized carbons (Fsp3) is 0.529. The monoisotopic (exact) mass is 315 g/mol. The van der Waals surface area contributed by atoms with Crippen molar-refractivity contribution < 1.29 is 5.11 Å². The SMILES string of the molecule is CN(C)C1CCN(Cc2nc(-c3ccccc3)nn2CCO)C1. The highest BCUT2D eigenvalue weighted by atomic mass is 16.3. The van der Waals surface area contributed by atoms with Crippen molar-refractivity contribution in [2.75, 3.05) is 33.8 Å². The number of hydrogen-bond donors (Lipinski definition) is 1. The summed E-state index contributed by atoms with van der Waals surface area (Å²) in [5.74, 6) is 1.66. The molecule has 0 saturated carbocycles. The molecule has 1 saturated heterocycles. The maximum absolute atomic E-state index is 9.29. The molecule has 1 N–H and O–H groups in total. The lowest BCUT2D eigenvalue weighted by Gasteiger charge is -2.20. The number of likely N-dealkylation sites (tertiary alicyclic amines) is 1. The topological polar surface area (TPSA) is 57.4 Å². The first-order valence-corrected chi connectivity index (χ1v) is 8.16. The number of hydrogen-bond acceptors (Lipinski definition) is 5. The molecule has 0 aliphatic carbocycles. The first kappa shape index (κ1) is 16.1. The summed E-state index contributed by atoms with van der Waals surface area (Å²) in [7, 11) is 4.27. The van der Waals surface area contributed by atoms with Crippen molar-refractivity contribution >= 4 is 0 Å². The maximum atomic E-state index is 9.29. The van der Waals surface area contributed by atoms with Gasteiger partial charge in [-0.2, -0.15) is 5.10 Å². The summed E-state index contributed by atoms with van der Waals surface area (Å²) in [4.78, 5) is 9.42. The molecular weight excluding hydrogens is 290 g/mol. The van der Waals surface area contributed by atoms with Gasteiger partial charge in [-0.25, -0.2) is 9.67 Å². The second-order valence-electron chi connectivity index (χ2n) is 6.31. The van der Waals surface area contributed by atoms with E-state index in [4.69, 9.17) is 4.98 Å². The lowest BCUT2D eigenvalue weighted by molar-refractivity contribution is 0.246. The van der Waals surface area contributed by atoms with Gasteiger partial charge in [0.15, 0.2) is 5.82 Å². The number of rotatable bonds is 6. The largest absolute Gasteiger partial charge is 0.394 e. The van der Waals surface area contributed by atoms with E-state index in [1.54, 1.807) is 0 Å². The summed E-state index contributed by atoms with van der Waals surface area (Å²) in [6.45, 7) is 3.48. The summed E-state index contributed by atoms with van der Waals surface area (Å²) in [5.41, 5.74) is 1.01. The third kappa shape index (κ3) is 3.77. The zero-order valence-electron chi connectivity index (χ0n) is 13.9. The van der Waals surface area contributed by atoms with Crippen LogP contribution in [0.4, 0.5) is 0 Å². The predicted octanol–water partition coefficient (Wildman–Crippen LogP) is 1.07. The number of likely N-dealkylation sites (N-methyl/N-ethyl adjacent to an activating group) is 1. The molecule has 0 spiro atoms. The van der Waals surface area contributed by atoms with Crippen LogP contribution in [0.15, 0.2) is 30.3 Å². The summed E-state index contributed by atoms with van der Waals surface area (Å²) in [6, 6.07) is 10.6. The second-order valence-corrected chi connectivity index (χ2v) is 6.31. The normalized spacial score (nSPS) is 18.9. The van der Waals surface area contributed by atoms with E-state index in [1.165, 1.54) is 6.42 Å². The maximum Gasteiger partial charge on any atom is 0.181 e. The van der Waals surface area contributed by atoms with Crippen molar-refractivity contribution in [2.24, 2.45) is 0 Å². The third-order valence-corrected chi connectivity index (χ3v) is 4.43. The van der Waals surface area contributed by atoms with Gasteiger partial charge in [-0.3, -0.25) is 4.90 Å². The Morgan fingerprint density at radius 2 is 2.04 bits per heavy atom. The molecule has 1 atom stereocenters. The third-order valence-electron chi connectivity index (χ3n) is 4.43. The van der Waals surface area contributed by atoms with Crippen LogP contribution in [0, 0.1) is 0 Å². The van der Waals surface area contributed by atoms with Gasteiger partial charge in [-0.15, -0.1) is 0 Å². The first-order valence-electron chi connectivity index (χ1n) is 8.16. The van der Waals surface area contributed by atoms with Crippen molar-refractivity contribution in [3.8, 4) is 11.4 Å². The van der Waals surface area contributed by atoms with Crippen LogP contribution >= 0.6 is 0 Å². The molecule has 1 aliphatic rings. The van der Waals surface area contributed by atoms with E-state index in [0.29, 0.717) is 12.6 Å². The lowest BCUT2D eigenvalue weighted by atomic mass is 10.2. The Bertz CT molecular complexity index is 625. The zero-order chi connectivity index (χ0) is 16.2. The average molecular weight is 315 g/mol. The number of aromatic nitrogens is 3. The Morgan fingerprint density at radius 3 is 2.70 bits per heavy atom. The molecule has 2 heterocycles. The minimum atomic E-state index is 0.0743. The molecule has 124 valence electrons. The van der Waals surface area contributed by atoms with Crippen LogP contribution < -0.4 is 0 Å². The molecule has 1 fully saturated rings. The van der Waals surface area contributed by atoms with Crippen LogP contribution in [0.5, 0.6) is 0 Å². The molecule has 2 aromatic rings. The number of benzene rings is 1. The Morgan fingerprint density at radius 1 is 1.26 bits per heavy atom. The minimum absolute atomic E-state index is 0.0743. The number of aliphatic hydroxyl groups is 1. The standard InChI is InChI=1S/C17H25N5O/c1-20(2)15-8-9-21(12-15)13-16-18-17(19-22(16)10-11-23)14-6-4-3-5-7-14/h3-7,15,23H,8-13H2,1-2H3. The Balaban J connectivity index is 1.77. The van der Waals surface area contributed by atoms with Crippen molar-refractivity contribution in [3.63, 3.8) is 0 Å². The van der Waals surface area contributed by atoms with Crippen LogP contribution in [0.3, 0.4) is 0 Å². The fourth-order valence-corrected chi connectivity index (χ4v) is 3.05. The molecule has 23 heavy (non-hydrogen) atoms. The molecule has 1 unspecified atom stereocenters. The molecule has 6 heteroatoms. The first-order chi connectivity index (χ1) is 11.2. The van der Waals surface area contributed by atoms with E-state index in [1.807, 2.05) is 35.0 Å². The molecule has 3 rings (SSSR count). The average Bonchev–Trinajstić information content (AvgIpc) is 3.17. The van der Waals surface area contributed by atoms with E-state index in [9.17, 15) is 5.11 Å². The summed E-state index contributed by atoms with van der Waals surface area (Å²) >= 11 is 0. The van der Waals surface area contributed by atoms with Crippen molar-refractivity contribution in [3.05, 3.63) is 36.2 Å². The van der Waals surface area contributed by atoms with E-state index >= 15 is 0 Å². The molecule has 6 nitrogen and oxygen atoms in total. The molecule has 1 aliphatic heterocycles. The molecule has 0 amide bonds. The smallest absolute Gasteiger partial charge is 0.181 e. The van der Waals surface area contributed by atoms with Gasteiger partial charge in [0.05, 0.1) is 19.7 Å². The van der Waals surface area contributed by atoms with Gasteiger partial charge in [-0.05, 0) is 20.5 Å². The second kappa shape index (κ2) is 7.21. The van der Waals surface area contributed by atoms with Crippen LogP contribution in [-0.2, 0) is 13.1 Å². The zero-order valence-corrected chi connectivity index (χ0v) is 13.9. The van der Waals surface area contributed by atoms with E-state index in [-0.39, 0.29) is 6.61 Å². The van der Waals surface area contributed by atoms with Crippen LogP contribution in [0.1, 0.15) is 12.2 Å². The molecule has 1 aromatic heterocycles. The van der Waals surface area contributed by atoms with Gasteiger partial charge in [-0.1, -0.05) is 30.3 Å². The Kier molecular flexibility index (Phi) is 5.05. The van der Waals surface area contributed by atoms with Gasteiger partial charge < -0.3 is 10.0 Å². The quantitative estimate of drug-likeness (QED) is 0.864. The fourth-order valence-electron chi connectivity index (χ4n) is 3.05. The van der Waals surface area contributed by atoms with Crippen molar-refractivity contribution in [1.82, 2.24) is 24.6 Å². The van der Waals surface area contributed by atoms with Crippen molar-refractivity contribution in [2.45, 2.75) is 25.6 Å². The van der Waals surface area contributed by atoms with E-state index in [2.05, 4.69) is 29.0 Å². The van der Waals surface area contributed by atoms with Gasteiger partial charge in [0.2, 0.25) is 0 Å². The molecule has 0 radical (unpaired) electrons. The Hall–Kier alpha value is -1.76. The van der Waals surface area contributed by atoms with Gasteiger partial charge in [0, 0.05) is 24.7 Å². The summed E-state index contributed by atoms with van der Waals surface area (Å²) < 4.78 is 1.84. The van der Waals surface area contributed by atoms with Crippen LogP contribution in [0.2, 0.25) is 0 Å². The van der Waals surface area contributed by atoms with Crippen LogP contribution in [0.25, 0.3) is 11.4 Å². The van der Waals surface area contributed by atoms with Gasteiger partial charge in [0.1, 0.15) is 5.82 Å². The molecular formula is C17H25N5O. The summed E-state index contributed by atoms with van der Waals surface area (Å²) in [6.07, 6.45) is 1.19. The highest BCUT2D eigenvalue weighted by molar-refractivity contribution is 5.53. The Labute approximate surface area is 137 Å². The van der Waals surface area contributed by atoms with Gasteiger partial charge in [0.25, 0.3) is 0 Å². The lowest BCUT2D eigenvalue weighted by Crippen LogP contribution is -2.31. The van der Waals surface area contributed by atoms with Crippen LogP contribution in [-0.4, -0.2) is 69.5 Å². The minimum Gasteiger partial charge on any atom is -0.394 e.